The number of aryl methyl sites for hydroxylation is 2. The molecule has 98 valence electrons. The molecule has 0 fully saturated rings. The van der Waals surface area contributed by atoms with Crippen LogP contribution in [-0.4, -0.2) is 10.9 Å². The van der Waals surface area contributed by atoms with Gasteiger partial charge in [-0.25, -0.2) is 0 Å². The van der Waals surface area contributed by atoms with Crippen LogP contribution >= 0.6 is 0 Å². The number of nitrogens with one attached hydrogen (secondary N) is 1. The highest BCUT2D eigenvalue weighted by Gasteiger charge is 2.09. The van der Waals surface area contributed by atoms with Crippen LogP contribution < -0.4 is 11.1 Å². The van der Waals surface area contributed by atoms with Crippen LogP contribution in [-0.2, 0) is 6.54 Å². The van der Waals surface area contributed by atoms with Crippen molar-refractivity contribution in [2.45, 2.75) is 20.4 Å². The lowest BCUT2D eigenvalue weighted by atomic mass is 10.1. The summed E-state index contributed by atoms with van der Waals surface area (Å²) in [5, 5.41) is 2.90. The minimum Gasteiger partial charge on any atom is -0.399 e. The molecule has 2 aromatic rings. The zero-order valence-electron chi connectivity index (χ0n) is 11.1. The number of benzene rings is 1. The number of amides is 1. The monoisotopic (exact) mass is 255 g/mol. The molecule has 0 aliphatic carbocycles. The normalized spacial score (nSPS) is 10.2. The summed E-state index contributed by atoms with van der Waals surface area (Å²) in [7, 11) is 0. The Morgan fingerprint density at radius 2 is 2.05 bits per heavy atom. The van der Waals surface area contributed by atoms with Gasteiger partial charge in [0.2, 0.25) is 0 Å². The predicted octanol–water partition coefficient (Wildman–Crippen LogP) is 2.21. The highest BCUT2D eigenvalue weighted by molar-refractivity contribution is 5.96. The molecule has 1 heterocycles. The van der Waals surface area contributed by atoms with Crippen LogP contribution in [0.4, 0.5) is 5.69 Å². The van der Waals surface area contributed by atoms with Crippen LogP contribution in [0, 0.1) is 13.8 Å². The van der Waals surface area contributed by atoms with Crippen molar-refractivity contribution < 1.29 is 4.79 Å². The number of hydrogen-bond donors (Lipinski definition) is 2. The highest BCUT2D eigenvalue weighted by Crippen LogP contribution is 2.13. The van der Waals surface area contributed by atoms with Gasteiger partial charge in [0.25, 0.3) is 5.91 Å². The first-order chi connectivity index (χ1) is 9.08. The molecule has 2 rings (SSSR count). The zero-order valence-corrected chi connectivity index (χ0v) is 11.1. The molecule has 4 nitrogen and oxygen atoms in total. The molecule has 1 amide bonds. The third kappa shape index (κ3) is 3.10. The van der Waals surface area contributed by atoms with Gasteiger partial charge in [0.15, 0.2) is 0 Å². The lowest BCUT2D eigenvalue weighted by Crippen LogP contribution is -2.24. The van der Waals surface area contributed by atoms with Crippen molar-refractivity contribution in [3.8, 4) is 0 Å². The van der Waals surface area contributed by atoms with E-state index in [1.165, 1.54) is 0 Å². The quantitative estimate of drug-likeness (QED) is 0.826. The second-order valence-electron chi connectivity index (χ2n) is 4.56. The van der Waals surface area contributed by atoms with Gasteiger partial charge in [0, 0.05) is 30.2 Å². The first kappa shape index (κ1) is 13.1. The summed E-state index contributed by atoms with van der Waals surface area (Å²) in [4.78, 5) is 16.1. The number of nitrogens with zero attached hydrogens (tertiary/aromatic N) is 1. The zero-order chi connectivity index (χ0) is 13.8. The average Bonchev–Trinajstić information content (AvgIpc) is 2.40. The lowest BCUT2D eigenvalue weighted by molar-refractivity contribution is 0.0950. The summed E-state index contributed by atoms with van der Waals surface area (Å²) in [6.07, 6.45) is 3.51. The van der Waals surface area contributed by atoms with E-state index in [1.54, 1.807) is 24.5 Å². The summed E-state index contributed by atoms with van der Waals surface area (Å²) in [5.74, 6) is -0.110. The van der Waals surface area contributed by atoms with E-state index in [1.807, 2.05) is 26.0 Å². The van der Waals surface area contributed by atoms with Crippen LogP contribution in [0.15, 0.2) is 36.7 Å². The number of nitrogens with two attached hydrogens (primary N) is 1. The fourth-order valence-corrected chi connectivity index (χ4v) is 1.86. The molecule has 3 N–H and O–H groups in total. The topological polar surface area (TPSA) is 68.0 Å². The van der Waals surface area contributed by atoms with E-state index in [9.17, 15) is 4.79 Å². The van der Waals surface area contributed by atoms with Gasteiger partial charge < -0.3 is 11.1 Å². The van der Waals surface area contributed by atoms with E-state index in [-0.39, 0.29) is 5.91 Å². The van der Waals surface area contributed by atoms with Crippen LogP contribution in [0.1, 0.15) is 27.0 Å². The van der Waals surface area contributed by atoms with E-state index in [4.69, 9.17) is 5.73 Å². The molecule has 1 aromatic heterocycles. The number of anilines is 1. The molecule has 0 spiro atoms. The smallest absolute Gasteiger partial charge is 0.251 e. The Labute approximate surface area is 112 Å². The minimum atomic E-state index is -0.110. The standard InChI is InChI=1S/C15H17N3O/c1-10-3-4-13(16)7-14(10)15(19)18-9-12-5-6-17-8-11(12)2/h3-8H,9,16H2,1-2H3,(H,18,19). The Kier molecular flexibility index (Phi) is 3.80. The summed E-state index contributed by atoms with van der Waals surface area (Å²) in [6, 6.07) is 7.24. The summed E-state index contributed by atoms with van der Waals surface area (Å²) in [5.41, 5.74) is 9.96. The van der Waals surface area contributed by atoms with Gasteiger partial charge in [-0.1, -0.05) is 6.07 Å². The number of nitrogen functional groups attached to an aromatic ring is 1. The van der Waals surface area contributed by atoms with Gasteiger partial charge in [-0.2, -0.15) is 0 Å². The van der Waals surface area contributed by atoms with Crippen molar-refractivity contribution in [1.82, 2.24) is 10.3 Å². The Balaban J connectivity index is 2.10. The fraction of sp³-hybridized carbons (Fsp3) is 0.200. The Morgan fingerprint density at radius 3 is 2.79 bits per heavy atom. The Morgan fingerprint density at radius 1 is 1.26 bits per heavy atom. The molecule has 1 aromatic carbocycles. The Hall–Kier alpha value is -2.36. The van der Waals surface area contributed by atoms with E-state index in [0.29, 0.717) is 17.8 Å². The van der Waals surface area contributed by atoms with Gasteiger partial charge in [0.05, 0.1) is 0 Å². The molecular formula is C15H17N3O. The molecule has 19 heavy (non-hydrogen) atoms. The number of carbonyl (C=O) groups is 1. The minimum absolute atomic E-state index is 0.110. The van der Waals surface area contributed by atoms with E-state index < -0.39 is 0 Å². The number of pyridine rings is 1. The van der Waals surface area contributed by atoms with Crippen LogP contribution in [0.5, 0.6) is 0 Å². The van der Waals surface area contributed by atoms with Gasteiger partial charge in [-0.15, -0.1) is 0 Å². The first-order valence-electron chi connectivity index (χ1n) is 6.12. The third-order valence-electron chi connectivity index (χ3n) is 3.08. The molecule has 0 aliphatic rings. The van der Waals surface area contributed by atoms with Gasteiger partial charge in [-0.05, 0) is 48.7 Å². The summed E-state index contributed by atoms with van der Waals surface area (Å²) < 4.78 is 0. The van der Waals surface area contributed by atoms with E-state index >= 15 is 0 Å². The van der Waals surface area contributed by atoms with Crippen molar-refractivity contribution in [3.05, 3.63) is 58.9 Å². The summed E-state index contributed by atoms with van der Waals surface area (Å²) in [6.45, 7) is 4.35. The summed E-state index contributed by atoms with van der Waals surface area (Å²) >= 11 is 0. The maximum atomic E-state index is 12.1. The largest absolute Gasteiger partial charge is 0.399 e. The highest BCUT2D eigenvalue weighted by atomic mass is 16.1. The molecule has 4 heteroatoms. The van der Waals surface area contributed by atoms with Crippen molar-refractivity contribution >= 4 is 11.6 Å². The molecule has 0 atom stereocenters. The molecule has 0 saturated heterocycles. The van der Waals surface area contributed by atoms with Crippen LogP contribution in [0.3, 0.4) is 0 Å². The van der Waals surface area contributed by atoms with Crippen molar-refractivity contribution in [2.24, 2.45) is 0 Å². The van der Waals surface area contributed by atoms with Gasteiger partial charge in [0.1, 0.15) is 0 Å². The fourth-order valence-electron chi connectivity index (χ4n) is 1.86. The van der Waals surface area contributed by atoms with E-state index in [0.717, 1.165) is 16.7 Å². The molecule has 0 aliphatic heterocycles. The van der Waals surface area contributed by atoms with Crippen molar-refractivity contribution in [3.63, 3.8) is 0 Å². The second-order valence-corrected chi connectivity index (χ2v) is 4.56. The van der Waals surface area contributed by atoms with Gasteiger partial charge in [-0.3, -0.25) is 9.78 Å². The van der Waals surface area contributed by atoms with E-state index in [2.05, 4.69) is 10.3 Å². The Bertz CT molecular complexity index is 608. The van der Waals surface area contributed by atoms with Crippen LogP contribution in [0.2, 0.25) is 0 Å². The SMILES string of the molecule is Cc1cnccc1CNC(=O)c1cc(N)ccc1C. The number of carbonyl (C=O) groups excluding carboxylic acids is 1. The predicted molar refractivity (Wildman–Crippen MR) is 75.7 cm³/mol. The number of hydrogen-bond acceptors (Lipinski definition) is 3. The second kappa shape index (κ2) is 5.52. The first-order valence-corrected chi connectivity index (χ1v) is 6.12. The molecule has 0 radical (unpaired) electrons. The maximum absolute atomic E-state index is 12.1. The molecule has 0 bridgehead atoms. The van der Waals surface area contributed by atoms with Crippen LogP contribution in [0.25, 0.3) is 0 Å². The van der Waals surface area contributed by atoms with Crippen molar-refractivity contribution in [1.29, 1.82) is 0 Å². The van der Waals surface area contributed by atoms with Crippen molar-refractivity contribution in [2.75, 3.05) is 5.73 Å². The maximum Gasteiger partial charge on any atom is 0.251 e. The third-order valence-corrected chi connectivity index (χ3v) is 3.08. The molecule has 0 saturated carbocycles. The molecular weight excluding hydrogens is 238 g/mol. The lowest BCUT2D eigenvalue weighted by Gasteiger charge is -2.09. The van der Waals surface area contributed by atoms with Gasteiger partial charge >= 0.3 is 0 Å². The average molecular weight is 255 g/mol. The molecule has 0 unspecified atom stereocenters. The number of rotatable bonds is 3. The number of aromatic nitrogens is 1.